The molecule has 0 fully saturated rings. The molecule has 0 aromatic rings. The van der Waals surface area contributed by atoms with E-state index in [4.69, 9.17) is 5.84 Å². The molecule has 0 saturated heterocycles. The first kappa shape index (κ1) is 4.42. The lowest BCUT2D eigenvalue weighted by Crippen LogP contribution is -3.05. The van der Waals surface area contributed by atoms with Gasteiger partial charge < -0.3 is 10.9 Å². The summed E-state index contributed by atoms with van der Waals surface area (Å²) in [6.45, 7) is 0.628. The minimum absolute atomic E-state index is 0.523. The third-order valence-corrected chi connectivity index (χ3v) is 0.673. The van der Waals surface area contributed by atoms with Crippen molar-refractivity contribution < 1.29 is 5.01 Å². The summed E-state index contributed by atoms with van der Waals surface area (Å²) in [6, 6.07) is 0. The lowest BCUT2D eigenvalue weighted by molar-refractivity contribution is -0.728. The molecule has 0 aromatic heterocycles. The highest BCUT2D eigenvalue weighted by Gasteiger charge is 1.89. The zero-order valence-corrected chi connectivity index (χ0v) is 3.76. The van der Waals surface area contributed by atoms with Crippen molar-refractivity contribution in [1.29, 1.82) is 0 Å². The van der Waals surface area contributed by atoms with Crippen LogP contribution in [-0.4, -0.2) is 19.1 Å². The summed E-state index contributed by atoms with van der Waals surface area (Å²) in [5.74, 6) is 6.95. The molecule has 38 valence electrons. The van der Waals surface area contributed by atoms with Crippen LogP contribution in [0.3, 0.4) is 0 Å². The van der Waals surface area contributed by atoms with Crippen molar-refractivity contribution in [1.82, 2.24) is 0 Å². The lowest BCUT2D eigenvalue weighted by atomic mass is 10.7. The highest BCUT2D eigenvalue weighted by atomic mass is 15.4. The third kappa shape index (κ3) is 1.06. The molecule has 7 heavy (non-hydrogen) atoms. The minimum Gasteiger partial charge on any atom is -0.463 e. The maximum absolute atomic E-state index is 6.95. The molecule has 0 radical (unpaired) electrons. The smallest absolute Gasteiger partial charge is 0.199 e. The van der Waals surface area contributed by atoms with Gasteiger partial charge in [0.25, 0.3) is 0 Å². The van der Waals surface area contributed by atoms with Crippen molar-refractivity contribution in [3.63, 3.8) is 0 Å². The van der Waals surface area contributed by atoms with Crippen LogP contribution in [0.4, 0.5) is 0 Å². The van der Waals surface area contributed by atoms with Crippen LogP contribution in [0.5, 0.6) is 0 Å². The molecule has 0 spiro atoms. The summed E-state index contributed by atoms with van der Waals surface area (Å²) in [5.41, 5.74) is 0. The molecule has 4 heteroatoms. The van der Waals surface area contributed by atoms with Gasteiger partial charge in [-0.15, -0.1) is 5.10 Å². The first-order chi connectivity index (χ1) is 3.39. The van der Waals surface area contributed by atoms with Gasteiger partial charge in [0.05, 0.1) is 6.21 Å². The van der Waals surface area contributed by atoms with Crippen molar-refractivity contribution in [3.8, 4) is 0 Å². The number of quaternary nitrogens is 1. The summed E-state index contributed by atoms with van der Waals surface area (Å²) in [4.78, 5) is 0. The minimum atomic E-state index is 0.523. The van der Waals surface area contributed by atoms with E-state index in [1.807, 2.05) is 0 Å². The fraction of sp³-hybridized carbons (Fsp3) is 0.333. The molecule has 0 aromatic carbocycles. The molecule has 0 amide bonds. The van der Waals surface area contributed by atoms with Gasteiger partial charge in [-0.05, 0) is 0 Å². The normalized spacial score (nSPS) is 28.4. The summed E-state index contributed by atoms with van der Waals surface area (Å²) < 4.78 is 0. The second-order valence-electron chi connectivity index (χ2n) is 1.27. The van der Waals surface area contributed by atoms with E-state index in [9.17, 15) is 0 Å². The van der Waals surface area contributed by atoms with E-state index in [1.54, 1.807) is 6.21 Å². The Morgan fingerprint density at radius 1 is 1.57 bits per heavy atom. The van der Waals surface area contributed by atoms with Gasteiger partial charge in [-0.25, -0.2) is 0 Å². The summed E-state index contributed by atoms with van der Waals surface area (Å²) in [6.07, 6.45) is 3.06. The van der Waals surface area contributed by atoms with Crippen LogP contribution >= 0.6 is 0 Å². The Bertz CT molecular complexity index is 106. The molecule has 0 bridgehead atoms. The van der Waals surface area contributed by atoms with E-state index in [0.717, 1.165) is 0 Å². The summed E-state index contributed by atoms with van der Waals surface area (Å²) in [5, 5.41) is 7.53. The number of hydrogen-bond donors (Lipinski definition) is 1. The molecular formula is C3H6N4. The Labute approximate surface area is 41.3 Å². The van der Waals surface area contributed by atoms with Gasteiger partial charge in [0.1, 0.15) is 6.54 Å². The Morgan fingerprint density at radius 3 is 2.71 bits per heavy atom. The van der Waals surface area contributed by atoms with Crippen LogP contribution in [0.15, 0.2) is 10.2 Å². The number of nitrogens with one attached hydrogen (secondary N) is 2. The Hall–Kier alpha value is -0.740. The van der Waals surface area contributed by atoms with Crippen LogP contribution in [0, 0.1) is 0 Å². The Morgan fingerprint density at radius 2 is 2.43 bits per heavy atom. The largest absolute Gasteiger partial charge is 0.463 e. The first-order valence-corrected chi connectivity index (χ1v) is 2.02. The van der Waals surface area contributed by atoms with E-state index >= 15 is 0 Å². The van der Waals surface area contributed by atoms with Crippen molar-refractivity contribution >= 4 is 12.6 Å². The molecule has 1 aliphatic heterocycles. The van der Waals surface area contributed by atoms with Gasteiger partial charge in [-0.2, -0.15) is 5.10 Å². The molecule has 0 saturated carbocycles. The topological polar surface area (TPSA) is 53.0 Å². The summed E-state index contributed by atoms with van der Waals surface area (Å²) in [7, 11) is 0. The van der Waals surface area contributed by atoms with Gasteiger partial charge in [-0.3, -0.25) is 0 Å². The quantitative estimate of drug-likeness (QED) is 0.398. The first-order valence-electron chi connectivity index (χ1n) is 2.02. The molecule has 2 N–H and O–H groups in total. The third-order valence-electron chi connectivity index (χ3n) is 0.673. The van der Waals surface area contributed by atoms with Gasteiger partial charge in [0.2, 0.25) is 0 Å². The molecule has 1 rings (SSSR count). The van der Waals surface area contributed by atoms with Crippen LogP contribution in [0.25, 0.3) is 5.84 Å². The van der Waals surface area contributed by atoms with E-state index in [-0.39, 0.29) is 0 Å². The van der Waals surface area contributed by atoms with E-state index in [1.165, 1.54) is 6.34 Å². The summed E-state index contributed by atoms with van der Waals surface area (Å²) >= 11 is 0. The average Bonchev–Trinajstić information content (AvgIpc) is 1.69. The van der Waals surface area contributed by atoms with Gasteiger partial charge in [0, 0.05) is 0 Å². The maximum Gasteiger partial charge on any atom is 0.199 e. The van der Waals surface area contributed by atoms with E-state index < -0.39 is 0 Å². The van der Waals surface area contributed by atoms with Gasteiger partial charge in [0.15, 0.2) is 6.34 Å². The maximum atomic E-state index is 6.95. The average molecular weight is 98.1 g/mol. The van der Waals surface area contributed by atoms with Gasteiger partial charge >= 0.3 is 0 Å². The van der Waals surface area contributed by atoms with Crippen LogP contribution in [0.1, 0.15) is 0 Å². The number of rotatable bonds is 0. The molecule has 1 unspecified atom stereocenters. The second kappa shape index (κ2) is 1.81. The highest BCUT2D eigenvalue weighted by molar-refractivity contribution is 5.62. The van der Waals surface area contributed by atoms with Crippen molar-refractivity contribution in [3.05, 3.63) is 5.84 Å². The van der Waals surface area contributed by atoms with Crippen molar-refractivity contribution in [2.45, 2.75) is 0 Å². The molecule has 1 atom stereocenters. The van der Waals surface area contributed by atoms with Crippen LogP contribution in [0.2, 0.25) is 0 Å². The molecule has 1 heterocycles. The Balaban J connectivity index is 2.49. The van der Waals surface area contributed by atoms with E-state index in [2.05, 4.69) is 10.2 Å². The van der Waals surface area contributed by atoms with Crippen LogP contribution < -0.4 is 5.01 Å². The monoisotopic (exact) mass is 98.1 g/mol. The van der Waals surface area contributed by atoms with Crippen molar-refractivity contribution in [2.24, 2.45) is 10.2 Å². The molecule has 4 nitrogen and oxygen atoms in total. The van der Waals surface area contributed by atoms with Crippen LogP contribution in [-0.2, 0) is 0 Å². The standard InChI is InChI=1S/C3H6N4/c4-7-2-1-5-6-3-7/h1,3-4,7H,2H2. The molecule has 1 aliphatic rings. The van der Waals surface area contributed by atoms with Gasteiger partial charge in [-0.1, -0.05) is 0 Å². The lowest BCUT2D eigenvalue weighted by Gasteiger charge is -2.12. The Kier molecular flexibility index (Phi) is 1.14. The second-order valence-corrected chi connectivity index (χ2v) is 1.27. The number of nitrogens with zero attached hydrogens (tertiary/aromatic N) is 2. The zero-order chi connectivity index (χ0) is 5.11. The SMILES string of the molecule is [NH-][NH+]1C=NN=CC1. The molecule has 0 aliphatic carbocycles. The predicted octanol–water partition coefficient (Wildman–Crippen LogP) is -1.13. The zero-order valence-electron chi connectivity index (χ0n) is 3.76. The van der Waals surface area contributed by atoms with E-state index in [0.29, 0.717) is 11.6 Å². The molecular weight excluding hydrogens is 92.1 g/mol. The number of hydrogen-bond acceptors (Lipinski definition) is 2. The fourth-order valence-electron chi connectivity index (χ4n) is 0.342. The van der Waals surface area contributed by atoms with Crippen molar-refractivity contribution in [2.75, 3.05) is 6.54 Å². The predicted molar refractivity (Wildman–Crippen MR) is 27.1 cm³/mol. The highest BCUT2D eigenvalue weighted by Crippen LogP contribution is 1.64. The fourth-order valence-corrected chi connectivity index (χ4v) is 0.342.